The first kappa shape index (κ1) is 17.3. The van der Waals surface area contributed by atoms with Crippen LogP contribution >= 0.6 is 15.9 Å². The number of aromatic nitrogens is 1. The minimum Gasteiger partial charge on any atom is -0.493 e. The zero-order valence-electron chi connectivity index (χ0n) is 13.7. The molecule has 1 aliphatic heterocycles. The fourth-order valence-electron chi connectivity index (χ4n) is 3.05. The highest BCUT2D eigenvalue weighted by atomic mass is 79.9. The van der Waals surface area contributed by atoms with E-state index in [9.17, 15) is 8.42 Å². The third kappa shape index (κ3) is 2.72. The van der Waals surface area contributed by atoms with Crippen LogP contribution in [-0.4, -0.2) is 38.1 Å². The minimum absolute atomic E-state index is 0.173. The number of hydrogen-bond acceptors (Lipinski definition) is 4. The van der Waals surface area contributed by atoms with Gasteiger partial charge in [0.1, 0.15) is 4.90 Å². The second-order valence-electron chi connectivity index (χ2n) is 5.56. The van der Waals surface area contributed by atoms with Crippen LogP contribution < -0.4 is 9.47 Å². The molecule has 1 aromatic heterocycles. The van der Waals surface area contributed by atoms with Gasteiger partial charge in [0.2, 0.25) is 10.0 Å². The lowest BCUT2D eigenvalue weighted by molar-refractivity contribution is 0.282. The van der Waals surface area contributed by atoms with Gasteiger partial charge in [-0.3, -0.25) is 0 Å². The normalized spacial score (nSPS) is 18.2. The van der Waals surface area contributed by atoms with Crippen LogP contribution in [0.15, 0.2) is 39.8 Å². The molecule has 0 spiro atoms. The molecule has 0 amide bonds. The molecule has 1 aromatic carbocycles. The first-order chi connectivity index (χ1) is 11.4. The van der Waals surface area contributed by atoms with Crippen LogP contribution in [0, 0.1) is 0 Å². The van der Waals surface area contributed by atoms with E-state index in [-0.39, 0.29) is 10.9 Å². The number of ether oxygens (including phenoxy) is 2. The van der Waals surface area contributed by atoms with Gasteiger partial charge in [0.25, 0.3) is 0 Å². The molecule has 0 N–H and O–H groups in total. The van der Waals surface area contributed by atoms with Crippen molar-refractivity contribution in [2.75, 3.05) is 20.8 Å². The van der Waals surface area contributed by atoms with Gasteiger partial charge in [0, 0.05) is 35.5 Å². The highest BCUT2D eigenvalue weighted by Gasteiger charge is 2.35. The SMILES string of the molecule is COc1cc(Br)c(S(=O)(=O)N2CCn3cccc3[C@@H]2C)cc1OC. The Balaban J connectivity index is 2.06. The molecular formula is C16H19BrN2O4S. The van der Waals surface area contributed by atoms with Crippen LogP contribution in [-0.2, 0) is 16.6 Å². The van der Waals surface area contributed by atoms with E-state index in [2.05, 4.69) is 20.5 Å². The maximum atomic E-state index is 13.2. The van der Waals surface area contributed by atoms with Crippen LogP contribution in [0.3, 0.4) is 0 Å². The van der Waals surface area contributed by atoms with E-state index in [1.54, 1.807) is 6.07 Å². The van der Waals surface area contributed by atoms with Gasteiger partial charge in [0.05, 0.1) is 20.3 Å². The van der Waals surface area contributed by atoms with Crippen molar-refractivity contribution in [2.45, 2.75) is 24.4 Å². The molecule has 130 valence electrons. The summed E-state index contributed by atoms with van der Waals surface area (Å²) < 4.78 is 40.9. The van der Waals surface area contributed by atoms with Crippen LogP contribution in [0.1, 0.15) is 18.7 Å². The lowest BCUT2D eigenvalue weighted by Gasteiger charge is -2.34. The van der Waals surface area contributed by atoms with Crippen molar-refractivity contribution in [1.29, 1.82) is 0 Å². The molecule has 2 heterocycles. The Morgan fingerprint density at radius 3 is 2.50 bits per heavy atom. The van der Waals surface area contributed by atoms with Crippen LogP contribution in [0.2, 0.25) is 0 Å². The summed E-state index contributed by atoms with van der Waals surface area (Å²) in [6.07, 6.45) is 1.97. The molecule has 8 heteroatoms. The summed E-state index contributed by atoms with van der Waals surface area (Å²) in [5.74, 6) is 0.858. The molecule has 0 saturated carbocycles. The monoisotopic (exact) mass is 414 g/mol. The van der Waals surface area contributed by atoms with Gasteiger partial charge in [-0.1, -0.05) is 0 Å². The van der Waals surface area contributed by atoms with Crippen LogP contribution in [0.5, 0.6) is 11.5 Å². The van der Waals surface area contributed by atoms with Gasteiger partial charge in [-0.15, -0.1) is 0 Å². The smallest absolute Gasteiger partial charge is 0.245 e. The highest BCUT2D eigenvalue weighted by Crippen LogP contribution is 2.39. The van der Waals surface area contributed by atoms with Gasteiger partial charge >= 0.3 is 0 Å². The Bertz CT molecular complexity index is 863. The molecule has 2 aromatic rings. The predicted molar refractivity (Wildman–Crippen MR) is 94.0 cm³/mol. The predicted octanol–water partition coefficient (Wildman–Crippen LogP) is 3.03. The zero-order valence-corrected chi connectivity index (χ0v) is 16.1. The van der Waals surface area contributed by atoms with E-state index in [1.165, 1.54) is 24.6 Å². The van der Waals surface area contributed by atoms with E-state index in [1.807, 2.05) is 25.3 Å². The topological polar surface area (TPSA) is 60.8 Å². The number of nitrogens with zero attached hydrogens (tertiary/aromatic N) is 2. The lowest BCUT2D eigenvalue weighted by Crippen LogP contribution is -2.40. The summed E-state index contributed by atoms with van der Waals surface area (Å²) in [5, 5.41) is 0. The first-order valence-corrected chi connectivity index (χ1v) is 9.72. The summed E-state index contributed by atoms with van der Waals surface area (Å²) in [6, 6.07) is 6.77. The molecule has 0 bridgehead atoms. The number of halogens is 1. The Morgan fingerprint density at radius 1 is 1.17 bits per heavy atom. The summed E-state index contributed by atoms with van der Waals surface area (Å²) >= 11 is 3.35. The average molecular weight is 415 g/mol. The van der Waals surface area contributed by atoms with Gasteiger partial charge < -0.3 is 14.0 Å². The van der Waals surface area contributed by atoms with E-state index in [0.717, 1.165) is 5.69 Å². The fourth-order valence-corrected chi connectivity index (χ4v) is 5.64. The number of benzene rings is 1. The van der Waals surface area contributed by atoms with E-state index in [0.29, 0.717) is 29.1 Å². The van der Waals surface area contributed by atoms with Gasteiger partial charge in [-0.05, 0) is 41.1 Å². The van der Waals surface area contributed by atoms with E-state index < -0.39 is 10.0 Å². The Morgan fingerprint density at radius 2 is 1.83 bits per heavy atom. The lowest BCUT2D eigenvalue weighted by atomic mass is 10.2. The molecule has 1 atom stereocenters. The van der Waals surface area contributed by atoms with Gasteiger partial charge in [-0.25, -0.2) is 8.42 Å². The van der Waals surface area contributed by atoms with Crippen molar-refractivity contribution in [3.05, 3.63) is 40.6 Å². The minimum atomic E-state index is -3.68. The summed E-state index contributed by atoms with van der Waals surface area (Å²) in [6.45, 7) is 2.96. The van der Waals surface area contributed by atoms with Crippen molar-refractivity contribution < 1.29 is 17.9 Å². The molecule has 3 rings (SSSR count). The van der Waals surface area contributed by atoms with E-state index >= 15 is 0 Å². The second kappa shape index (κ2) is 6.42. The van der Waals surface area contributed by atoms with Crippen molar-refractivity contribution >= 4 is 26.0 Å². The standard InChI is InChI=1S/C16H19BrN2O4S/c1-11-13-5-4-6-18(13)7-8-19(11)24(20,21)16-10-15(23-3)14(22-2)9-12(16)17/h4-6,9-11H,7-8H2,1-3H3/t11-/m0/s1. The molecule has 0 fully saturated rings. The Hall–Kier alpha value is -1.51. The van der Waals surface area contributed by atoms with Crippen LogP contribution in [0.4, 0.5) is 0 Å². The molecular weight excluding hydrogens is 396 g/mol. The summed E-state index contributed by atoms with van der Waals surface area (Å²) in [5.41, 5.74) is 0.987. The van der Waals surface area contributed by atoms with Crippen molar-refractivity contribution in [1.82, 2.24) is 8.87 Å². The maximum Gasteiger partial charge on any atom is 0.245 e. The van der Waals surface area contributed by atoms with Gasteiger partial charge in [-0.2, -0.15) is 4.31 Å². The molecule has 0 unspecified atom stereocenters. The molecule has 0 radical (unpaired) electrons. The third-order valence-electron chi connectivity index (χ3n) is 4.31. The van der Waals surface area contributed by atoms with E-state index in [4.69, 9.17) is 9.47 Å². The van der Waals surface area contributed by atoms with Crippen molar-refractivity contribution in [3.63, 3.8) is 0 Å². The average Bonchev–Trinajstić information content (AvgIpc) is 3.04. The molecule has 0 saturated heterocycles. The molecule has 6 nitrogen and oxygen atoms in total. The highest BCUT2D eigenvalue weighted by molar-refractivity contribution is 9.10. The number of hydrogen-bond donors (Lipinski definition) is 0. The number of sulfonamides is 1. The largest absolute Gasteiger partial charge is 0.493 e. The fraction of sp³-hybridized carbons (Fsp3) is 0.375. The maximum absolute atomic E-state index is 13.2. The number of methoxy groups -OCH3 is 2. The summed E-state index contributed by atoms with van der Waals surface area (Å²) in [7, 11) is -0.685. The Labute approximate surface area is 150 Å². The van der Waals surface area contributed by atoms with Gasteiger partial charge in [0.15, 0.2) is 11.5 Å². The van der Waals surface area contributed by atoms with Crippen molar-refractivity contribution in [2.24, 2.45) is 0 Å². The zero-order chi connectivity index (χ0) is 17.5. The quantitative estimate of drug-likeness (QED) is 0.771. The number of rotatable bonds is 4. The molecule has 0 aliphatic carbocycles. The Kier molecular flexibility index (Phi) is 4.63. The molecule has 24 heavy (non-hydrogen) atoms. The van der Waals surface area contributed by atoms with Crippen LogP contribution in [0.25, 0.3) is 0 Å². The third-order valence-corrected chi connectivity index (χ3v) is 7.24. The number of fused-ring (bicyclic) bond motifs is 1. The van der Waals surface area contributed by atoms with Crippen molar-refractivity contribution in [3.8, 4) is 11.5 Å². The second-order valence-corrected chi connectivity index (χ2v) is 8.27. The molecule has 1 aliphatic rings. The first-order valence-electron chi connectivity index (χ1n) is 7.48. The summed E-state index contributed by atoms with van der Waals surface area (Å²) in [4.78, 5) is 0.173.